The number of carbonyl (C=O) groups is 1. The van der Waals surface area contributed by atoms with E-state index in [1.54, 1.807) is 28.8 Å². The van der Waals surface area contributed by atoms with Crippen molar-refractivity contribution in [1.29, 1.82) is 0 Å². The summed E-state index contributed by atoms with van der Waals surface area (Å²) in [6.07, 6.45) is 2.34. The molecule has 0 bridgehead atoms. The Bertz CT molecular complexity index is 1130. The number of benzene rings is 1. The van der Waals surface area contributed by atoms with E-state index in [1.807, 2.05) is 25.1 Å². The summed E-state index contributed by atoms with van der Waals surface area (Å²) in [6.45, 7) is 2.23. The van der Waals surface area contributed by atoms with Crippen LogP contribution < -0.4 is 5.32 Å². The van der Waals surface area contributed by atoms with Gasteiger partial charge < -0.3 is 9.73 Å². The Hall–Kier alpha value is -2.50. The van der Waals surface area contributed by atoms with E-state index in [9.17, 15) is 4.79 Å². The second kappa shape index (κ2) is 6.67. The molecule has 1 aromatic carbocycles. The van der Waals surface area contributed by atoms with E-state index in [0.717, 1.165) is 16.7 Å². The molecule has 0 saturated heterocycles. The van der Waals surface area contributed by atoms with Gasteiger partial charge in [0, 0.05) is 16.6 Å². The monoisotopic (exact) mass is 387 g/mol. The second-order valence-electron chi connectivity index (χ2n) is 5.91. The summed E-state index contributed by atoms with van der Waals surface area (Å²) >= 11 is 12.1. The highest BCUT2D eigenvalue weighted by molar-refractivity contribution is 6.31. The minimum absolute atomic E-state index is 0.227. The molecule has 7 heteroatoms. The number of aryl methyl sites for hydroxylation is 1. The van der Waals surface area contributed by atoms with Gasteiger partial charge in [0.25, 0.3) is 5.91 Å². The zero-order valence-electron chi connectivity index (χ0n) is 13.9. The molecule has 0 saturated carbocycles. The van der Waals surface area contributed by atoms with Gasteiger partial charge in [0.15, 0.2) is 0 Å². The number of nitrogens with one attached hydrogen (secondary N) is 1. The first kappa shape index (κ1) is 16.9. The molecule has 0 radical (unpaired) electrons. The molecule has 0 atom stereocenters. The number of carbonyl (C=O) groups excluding carboxylic acids is 1. The minimum Gasteiger partial charge on any atom is -0.459 e. The van der Waals surface area contributed by atoms with Gasteiger partial charge in [-0.15, -0.1) is 0 Å². The quantitative estimate of drug-likeness (QED) is 0.542. The van der Waals surface area contributed by atoms with Gasteiger partial charge in [-0.2, -0.15) is 0 Å². The van der Waals surface area contributed by atoms with Crippen molar-refractivity contribution < 1.29 is 9.21 Å². The fourth-order valence-electron chi connectivity index (χ4n) is 2.96. The Morgan fingerprint density at radius 3 is 2.81 bits per heavy atom. The first-order valence-electron chi connectivity index (χ1n) is 8.18. The van der Waals surface area contributed by atoms with Crippen LogP contribution in [0.1, 0.15) is 28.9 Å². The smallest absolute Gasteiger partial charge is 0.270 e. The Labute approximate surface area is 159 Å². The molecule has 4 rings (SSSR count). The van der Waals surface area contributed by atoms with Crippen molar-refractivity contribution >= 4 is 45.7 Å². The van der Waals surface area contributed by atoms with Crippen molar-refractivity contribution in [2.75, 3.05) is 0 Å². The van der Waals surface area contributed by atoms with Gasteiger partial charge in [0.1, 0.15) is 22.7 Å². The van der Waals surface area contributed by atoms with Crippen LogP contribution in [0.4, 0.5) is 0 Å². The van der Waals surface area contributed by atoms with Crippen molar-refractivity contribution in [3.05, 3.63) is 69.8 Å². The Morgan fingerprint density at radius 2 is 2.00 bits per heavy atom. The third-order valence-corrected chi connectivity index (χ3v) is 4.62. The first-order valence-corrected chi connectivity index (χ1v) is 8.93. The second-order valence-corrected chi connectivity index (χ2v) is 6.79. The Morgan fingerprint density at radius 1 is 1.19 bits per heavy atom. The molecule has 4 aromatic rings. The van der Waals surface area contributed by atoms with Crippen LogP contribution in [0.3, 0.4) is 0 Å². The first-order chi connectivity index (χ1) is 12.5. The maximum absolute atomic E-state index is 12.8. The zero-order valence-corrected chi connectivity index (χ0v) is 15.4. The average molecular weight is 388 g/mol. The minimum atomic E-state index is -0.227. The lowest BCUT2D eigenvalue weighted by atomic mass is 10.2. The van der Waals surface area contributed by atoms with Gasteiger partial charge in [-0.25, -0.2) is 4.98 Å². The normalized spacial score (nSPS) is 11.3. The number of furan rings is 1. The summed E-state index contributed by atoms with van der Waals surface area (Å²) in [7, 11) is 0. The van der Waals surface area contributed by atoms with E-state index in [4.69, 9.17) is 27.6 Å². The summed E-state index contributed by atoms with van der Waals surface area (Å²) in [5, 5.41) is 4.98. The average Bonchev–Trinajstić information content (AvgIpc) is 3.19. The lowest BCUT2D eigenvalue weighted by Gasteiger charge is -2.05. The topological polar surface area (TPSA) is 59.5 Å². The van der Waals surface area contributed by atoms with Crippen LogP contribution in [-0.2, 0) is 13.0 Å². The largest absolute Gasteiger partial charge is 0.459 e. The molecule has 1 amide bonds. The van der Waals surface area contributed by atoms with Gasteiger partial charge in [-0.3, -0.25) is 9.20 Å². The molecular weight excluding hydrogens is 373 g/mol. The van der Waals surface area contributed by atoms with Crippen LogP contribution in [0.2, 0.25) is 10.0 Å². The van der Waals surface area contributed by atoms with Crippen LogP contribution in [0, 0.1) is 0 Å². The number of aromatic nitrogens is 2. The molecule has 3 heterocycles. The van der Waals surface area contributed by atoms with E-state index < -0.39 is 0 Å². The summed E-state index contributed by atoms with van der Waals surface area (Å²) < 4.78 is 7.45. The molecule has 5 nitrogen and oxygen atoms in total. The number of amides is 1. The van der Waals surface area contributed by atoms with Gasteiger partial charge in [0.2, 0.25) is 0 Å². The number of halogens is 2. The predicted octanol–water partition coefficient (Wildman–Crippen LogP) is 4.88. The number of rotatable bonds is 4. The molecule has 0 aliphatic carbocycles. The molecule has 1 N–H and O–H groups in total. The van der Waals surface area contributed by atoms with E-state index in [2.05, 4.69) is 10.3 Å². The predicted molar refractivity (Wildman–Crippen MR) is 102 cm³/mol. The number of fused-ring (bicyclic) bond motifs is 2. The summed E-state index contributed by atoms with van der Waals surface area (Å²) in [6, 6.07) is 10.8. The van der Waals surface area contributed by atoms with E-state index in [1.165, 1.54) is 0 Å². The van der Waals surface area contributed by atoms with Gasteiger partial charge in [-0.1, -0.05) is 30.1 Å². The highest BCUT2D eigenvalue weighted by Gasteiger charge is 2.18. The standard InChI is InChI=1S/C19H15Cl2N3O2/c1-2-15-18(24-10-13(21)4-6-17(24)23-15)19(25)22-9-14-8-11-7-12(20)3-5-16(11)26-14/h3-8,10H,2,9H2,1H3,(H,22,25). The number of nitrogens with zero attached hydrogens (tertiary/aromatic N) is 2. The number of imidazole rings is 1. The Balaban J connectivity index is 1.61. The summed E-state index contributed by atoms with van der Waals surface area (Å²) in [5.41, 5.74) is 2.63. The molecular formula is C19H15Cl2N3O2. The molecule has 0 unspecified atom stereocenters. The summed E-state index contributed by atoms with van der Waals surface area (Å²) in [5.74, 6) is 0.427. The van der Waals surface area contributed by atoms with Crippen molar-refractivity contribution in [3.8, 4) is 0 Å². The van der Waals surface area contributed by atoms with Crippen molar-refractivity contribution in [2.45, 2.75) is 19.9 Å². The van der Waals surface area contributed by atoms with Gasteiger partial charge in [-0.05, 0) is 42.8 Å². The molecule has 0 aliphatic rings. The van der Waals surface area contributed by atoms with Crippen LogP contribution >= 0.6 is 23.2 Å². The fourth-order valence-corrected chi connectivity index (χ4v) is 3.30. The van der Waals surface area contributed by atoms with Crippen LogP contribution in [-0.4, -0.2) is 15.3 Å². The van der Waals surface area contributed by atoms with Crippen molar-refractivity contribution in [1.82, 2.24) is 14.7 Å². The Kier molecular flexibility index (Phi) is 4.34. The van der Waals surface area contributed by atoms with Crippen LogP contribution in [0.5, 0.6) is 0 Å². The van der Waals surface area contributed by atoms with E-state index in [-0.39, 0.29) is 12.5 Å². The van der Waals surface area contributed by atoms with Crippen molar-refractivity contribution in [2.24, 2.45) is 0 Å². The lowest BCUT2D eigenvalue weighted by Crippen LogP contribution is -2.25. The number of hydrogen-bond acceptors (Lipinski definition) is 3. The van der Waals surface area contributed by atoms with E-state index >= 15 is 0 Å². The maximum atomic E-state index is 12.8. The number of hydrogen-bond donors (Lipinski definition) is 1. The van der Waals surface area contributed by atoms with Crippen LogP contribution in [0.15, 0.2) is 47.0 Å². The van der Waals surface area contributed by atoms with E-state index in [0.29, 0.717) is 33.6 Å². The lowest BCUT2D eigenvalue weighted by molar-refractivity contribution is 0.0941. The molecule has 0 aliphatic heterocycles. The third kappa shape index (κ3) is 3.04. The molecule has 26 heavy (non-hydrogen) atoms. The zero-order chi connectivity index (χ0) is 18.3. The molecule has 0 fully saturated rings. The highest BCUT2D eigenvalue weighted by atomic mass is 35.5. The third-order valence-electron chi connectivity index (χ3n) is 4.16. The maximum Gasteiger partial charge on any atom is 0.270 e. The molecule has 0 spiro atoms. The summed E-state index contributed by atoms with van der Waals surface area (Å²) in [4.78, 5) is 17.3. The van der Waals surface area contributed by atoms with Gasteiger partial charge in [0.05, 0.1) is 17.3 Å². The highest BCUT2D eigenvalue weighted by Crippen LogP contribution is 2.23. The molecule has 3 aromatic heterocycles. The number of pyridine rings is 1. The van der Waals surface area contributed by atoms with Gasteiger partial charge >= 0.3 is 0 Å². The molecule has 132 valence electrons. The van der Waals surface area contributed by atoms with Crippen molar-refractivity contribution in [3.63, 3.8) is 0 Å². The fraction of sp³-hybridized carbons (Fsp3) is 0.158. The van der Waals surface area contributed by atoms with Crippen LogP contribution in [0.25, 0.3) is 16.6 Å². The SMILES string of the molecule is CCc1nc2ccc(Cl)cn2c1C(=O)NCc1cc2cc(Cl)ccc2o1.